The molecule has 0 aliphatic carbocycles. The minimum absolute atomic E-state index is 0.109. The van der Waals surface area contributed by atoms with Crippen LogP contribution in [0.2, 0.25) is 5.02 Å². The Morgan fingerprint density at radius 2 is 2.14 bits per heavy atom. The number of nitrogens with one attached hydrogen (secondary N) is 1. The highest BCUT2D eigenvalue weighted by atomic mass is 35.5. The lowest BCUT2D eigenvalue weighted by atomic mass is 10.2. The Kier molecular flexibility index (Phi) is 6.16. The summed E-state index contributed by atoms with van der Waals surface area (Å²) in [7, 11) is 0. The zero-order valence-corrected chi connectivity index (χ0v) is 16.6. The van der Waals surface area contributed by atoms with E-state index >= 15 is 0 Å². The second-order valence-corrected chi connectivity index (χ2v) is 7.70. The van der Waals surface area contributed by atoms with E-state index in [1.165, 1.54) is 16.7 Å². The summed E-state index contributed by atoms with van der Waals surface area (Å²) in [5.41, 5.74) is 0.683. The number of benzene rings is 2. The van der Waals surface area contributed by atoms with Gasteiger partial charge >= 0.3 is 0 Å². The Balaban J connectivity index is 1.88. The number of anilines is 1. The van der Waals surface area contributed by atoms with Crippen LogP contribution >= 0.6 is 23.4 Å². The zero-order valence-electron chi connectivity index (χ0n) is 15.0. The molecule has 5 nitrogen and oxygen atoms in total. The third-order valence-electron chi connectivity index (χ3n) is 3.98. The molecule has 0 aliphatic rings. The van der Waals surface area contributed by atoms with Crippen molar-refractivity contribution in [3.05, 3.63) is 76.3 Å². The fourth-order valence-corrected chi connectivity index (χ4v) is 3.70. The lowest BCUT2D eigenvalue weighted by Gasteiger charge is -2.16. The average Bonchev–Trinajstić information content (AvgIpc) is 2.67. The van der Waals surface area contributed by atoms with Crippen LogP contribution in [0.15, 0.2) is 65.1 Å². The van der Waals surface area contributed by atoms with Crippen molar-refractivity contribution in [3.63, 3.8) is 0 Å². The van der Waals surface area contributed by atoms with Gasteiger partial charge in [-0.2, -0.15) is 0 Å². The molecule has 1 unspecified atom stereocenters. The highest BCUT2D eigenvalue weighted by Crippen LogP contribution is 2.26. The quantitative estimate of drug-likeness (QED) is 0.364. The first kappa shape index (κ1) is 20.1. The lowest BCUT2D eigenvalue weighted by Crippen LogP contribution is -2.26. The summed E-state index contributed by atoms with van der Waals surface area (Å²) < 4.78 is 14.6. The summed E-state index contributed by atoms with van der Waals surface area (Å²) >= 11 is 7.11. The molecule has 0 radical (unpaired) electrons. The highest BCUT2D eigenvalue weighted by molar-refractivity contribution is 8.00. The summed E-state index contributed by atoms with van der Waals surface area (Å²) in [6, 6.07) is 10.8. The van der Waals surface area contributed by atoms with E-state index in [1.54, 1.807) is 37.3 Å². The second kappa shape index (κ2) is 8.58. The maximum Gasteiger partial charge on any atom is 0.262 e. The predicted octanol–water partition coefficient (Wildman–Crippen LogP) is 4.49. The molecule has 2 aromatic carbocycles. The van der Waals surface area contributed by atoms with E-state index in [9.17, 15) is 14.0 Å². The molecule has 144 valence electrons. The van der Waals surface area contributed by atoms with Crippen molar-refractivity contribution in [2.24, 2.45) is 0 Å². The molecule has 28 heavy (non-hydrogen) atoms. The van der Waals surface area contributed by atoms with E-state index < -0.39 is 11.1 Å². The molecule has 0 spiro atoms. The van der Waals surface area contributed by atoms with Crippen LogP contribution in [0, 0.1) is 5.82 Å². The SMILES string of the molecule is C=CCn1c(SC(C)C(=O)Nc2ccc(F)cc2Cl)nc2ccccc2c1=O. The van der Waals surface area contributed by atoms with Crippen LogP contribution in [0.5, 0.6) is 0 Å². The van der Waals surface area contributed by atoms with E-state index in [0.29, 0.717) is 21.7 Å². The number of carbonyl (C=O) groups is 1. The number of nitrogens with zero attached hydrogens (tertiary/aromatic N) is 2. The van der Waals surface area contributed by atoms with E-state index in [-0.39, 0.29) is 23.0 Å². The topological polar surface area (TPSA) is 64.0 Å². The number of halogens is 2. The largest absolute Gasteiger partial charge is 0.324 e. The first-order chi connectivity index (χ1) is 13.4. The molecular formula is C20H17ClFN3O2S. The molecule has 1 N–H and O–H groups in total. The molecule has 0 bridgehead atoms. The van der Waals surface area contributed by atoms with Gasteiger partial charge in [-0.05, 0) is 37.3 Å². The van der Waals surface area contributed by atoms with E-state index in [4.69, 9.17) is 11.6 Å². The molecule has 1 amide bonds. The summed E-state index contributed by atoms with van der Waals surface area (Å²) in [4.78, 5) is 29.9. The van der Waals surface area contributed by atoms with Crippen LogP contribution in [-0.4, -0.2) is 20.7 Å². The number of carbonyl (C=O) groups excluding carboxylic acids is 1. The van der Waals surface area contributed by atoms with Gasteiger partial charge in [-0.25, -0.2) is 9.37 Å². The van der Waals surface area contributed by atoms with E-state index in [0.717, 1.165) is 17.8 Å². The third-order valence-corrected chi connectivity index (χ3v) is 5.38. The average molecular weight is 418 g/mol. The lowest BCUT2D eigenvalue weighted by molar-refractivity contribution is -0.115. The molecule has 0 saturated heterocycles. The Hall–Kier alpha value is -2.64. The molecule has 8 heteroatoms. The molecule has 1 aromatic heterocycles. The minimum Gasteiger partial charge on any atom is -0.324 e. The van der Waals surface area contributed by atoms with Crippen molar-refractivity contribution in [2.45, 2.75) is 23.9 Å². The number of aromatic nitrogens is 2. The van der Waals surface area contributed by atoms with Crippen LogP contribution in [0.4, 0.5) is 10.1 Å². The summed E-state index contributed by atoms with van der Waals surface area (Å²) in [5.74, 6) is -0.828. The third kappa shape index (κ3) is 4.26. The van der Waals surface area contributed by atoms with E-state index in [1.807, 2.05) is 0 Å². The normalized spacial score (nSPS) is 12.0. The second-order valence-electron chi connectivity index (χ2n) is 5.99. The number of allylic oxidation sites excluding steroid dienone is 1. The number of amides is 1. The maximum absolute atomic E-state index is 13.2. The van der Waals surface area contributed by atoms with Crippen LogP contribution in [-0.2, 0) is 11.3 Å². The molecular weight excluding hydrogens is 401 g/mol. The first-order valence-electron chi connectivity index (χ1n) is 8.43. The van der Waals surface area contributed by atoms with Crippen LogP contribution in [0.25, 0.3) is 10.9 Å². The standard InChI is InChI=1S/C20H17ClFN3O2S/c1-3-10-25-19(27)14-6-4-5-7-16(14)24-20(25)28-12(2)18(26)23-17-9-8-13(22)11-15(17)21/h3-9,11-12H,1,10H2,2H3,(H,23,26). The Morgan fingerprint density at radius 3 is 2.86 bits per heavy atom. The van der Waals surface area contributed by atoms with Gasteiger partial charge < -0.3 is 5.32 Å². The van der Waals surface area contributed by atoms with Gasteiger partial charge in [0.05, 0.1) is 26.9 Å². The van der Waals surface area contributed by atoms with Gasteiger partial charge in [-0.15, -0.1) is 6.58 Å². The smallest absolute Gasteiger partial charge is 0.262 e. The zero-order chi connectivity index (χ0) is 20.3. The summed E-state index contributed by atoms with van der Waals surface area (Å²) in [5, 5.41) is 3.11. The van der Waals surface area contributed by atoms with Gasteiger partial charge in [-0.1, -0.05) is 41.6 Å². The van der Waals surface area contributed by atoms with Crippen molar-refractivity contribution >= 4 is 45.9 Å². The fraction of sp³-hybridized carbons (Fsp3) is 0.150. The number of para-hydroxylation sites is 1. The Labute approximate surface area is 170 Å². The number of rotatable bonds is 6. The van der Waals surface area contributed by atoms with Gasteiger partial charge in [0.1, 0.15) is 5.82 Å². The van der Waals surface area contributed by atoms with Crippen molar-refractivity contribution in [3.8, 4) is 0 Å². The molecule has 3 rings (SSSR count). The summed E-state index contributed by atoms with van der Waals surface area (Å²) in [6.07, 6.45) is 1.60. The van der Waals surface area contributed by atoms with Crippen molar-refractivity contribution in [1.82, 2.24) is 9.55 Å². The van der Waals surface area contributed by atoms with Crippen molar-refractivity contribution in [2.75, 3.05) is 5.32 Å². The fourth-order valence-electron chi connectivity index (χ4n) is 2.56. The molecule has 1 heterocycles. The van der Waals surface area contributed by atoms with Gasteiger partial charge in [0.25, 0.3) is 5.56 Å². The number of thioether (sulfide) groups is 1. The van der Waals surface area contributed by atoms with Crippen molar-refractivity contribution in [1.29, 1.82) is 0 Å². The van der Waals surface area contributed by atoms with Crippen LogP contribution in [0.1, 0.15) is 6.92 Å². The molecule has 0 aliphatic heterocycles. The molecule has 1 atom stereocenters. The number of fused-ring (bicyclic) bond motifs is 1. The molecule has 0 fully saturated rings. The number of hydrogen-bond acceptors (Lipinski definition) is 4. The van der Waals surface area contributed by atoms with Gasteiger partial charge in [0.2, 0.25) is 5.91 Å². The monoisotopic (exact) mass is 417 g/mol. The van der Waals surface area contributed by atoms with Gasteiger partial charge in [-0.3, -0.25) is 14.2 Å². The first-order valence-corrected chi connectivity index (χ1v) is 9.69. The Bertz CT molecular complexity index is 1120. The molecule has 3 aromatic rings. The van der Waals surface area contributed by atoms with Crippen LogP contribution < -0.4 is 10.9 Å². The van der Waals surface area contributed by atoms with E-state index in [2.05, 4.69) is 16.9 Å². The van der Waals surface area contributed by atoms with Crippen molar-refractivity contribution < 1.29 is 9.18 Å². The van der Waals surface area contributed by atoms with Crippen LogP contribution in [0.3, 0.4) is 0 Å². The maximum atomic E-state index is 13.2. The van der Waals surface area contributed by atoms with Gasteiger partial charge in [0.15, 0.2) is 5.16 Å². The minimum atomic E-state index is -0.578. The summed E-state index contributed by atoms with van der Waals surface area (Å²) in [6.45, 7) is 5.65. The highest BCUT2D eigenvalue weighted by Gasteiger charge is 2.20. The number of hydrogen-bond donors (Lipinski definition) is 1. The van der Waals surface area contributed by atoms with Gasteiger partial charge in [0, 0.05) is 6.54 Å². The molecule has 0 saturated carbocycles. The Morgan fingerprint density at radius 1 is 1.39 bits per heavy atom. The predicted molar refractivity (Wildman–Crippen MR) is 112 cm³/mol.